The number of hydrogen-bond donors (Lipinski definition) is 3. The molecular weight excluding hydrogens is 782 g/mol. The van der Waals surface area contributed by atoms with Crippen LogP contribution in [0.2, 0.25) is 0 Å². The van der Waals surface area contributed by atoms with Crippen LogP contribution >= 0.6 is 0 Å². The van der Waals surface area contributed by atoms with E-state index in [9.17, 15) is 36.6 Å². The number of rotatable bonds is 10. The summed E-state index contributed by atoms with van der Waals surface area (Å²) >= 11 is 0. The standard InChI is InChI=1S/C47H52F5N3O5/c1-26-36(24-55-34-14-6-5-10-29(34)19-20-35(55)44(57)54-47(2,3)4)59-46(60-43(26)30-17-15-27(25-56)16-18-30)33-13-8-12-32(22-33)31-11-7-9-28(21-31)23-53-45(58)37-38(48)40(50)42(52)41(51)39(37)49/h7-9,11-13,15-18,21-22,26,29,34-36,43,46,56H,5-6,10,14,19-20,23-25H2,1-4H3,(H,53,58)(H,54,57)/t26-,29-,34-,35-,36+,43+,46+/m1/s1. The molecule has 0 radical (unpaired) electrons. The Kier molecular flexibility index (Phi) is 13.1. The molecule has 3 N–H and O–H groups in total. The first kappa shape index (κ1) is 43.4. The van der Waals surface area contributed by atoms with Crippen LogP contribution in [-0.4, -0.2) is 52.1 Å². The molecular formula is C47H52F5N3O5. The summed E-state index contributed by atoms with van der Waals surface area (Å²) in [7, 11) is 0. The third kappa shape index (κ3) is 9.29. The smallest absolute Gasteiger partial charge is 0.257 e. The fraction of sp³-hybridized carbons (Fsp3) is 0.447. The molecule has 2 amide bonds. The number of piperidine rings is 1. The minimum Gasteiger partial charge on any atom is -0.392 e. The van der Waals surface area contributed by atoms with Crippen LogP contribution in [-0.2, 0) is 27.4 Å². The van der Waals surface area contributed by atoms with Gasteiger partial charge in [-0.05, 0) is 92.3 Å². The highest BCUT2D eigenvalue weighted by atomic mass is 19.2. The molecule has 3 aliphatic rings. The van der Waals surface area contributed by atoms with Crippen LogP contribution in [0, 0.1) is 40.9 Å². The van der Waals surface area contributed by atoms with Crippen molar-refractivity contribution < 1.29 is 46.1 Å². The van der Waals surface area contributed by atoms with Crippen LogP contribution in [0.1, 0.15) is 111 Å². The molecule has 60 heavy (non-hydrogen) atoms. The largest absolute Gasteiger partial charge is 0.392 e. The number of aliphatic hydroxyl groups is 1. The van der Waals surface area contributed by atoms with Crippen LogP contribution in [0.4, 0.5) is 22.0 Å². The fourth-order valence-electron chi connectivity index (χ4n) is 9.06. The molecule has 1 aliphatic carbocycles. The molecule has 0 bridgehead atoms. The maximum Gasteiger partial charge on any atom is 0.257 e. The SMILES string of the molecule is C[C@@H]1[C@H](CN2[C@@H](C(=O)NC(C)(C)C)CC[C@H]3CCCC[C@H]32)O[C@H](c2cccc(-c3cccc(CNC(=O)c4c(F)c(F)c(F)c(F)c4F)c3)c2)O[C@@H]1c1ccc(CO)cc1. The zero-order valence-corrected chi connectivity index (χ0v) is 34.3. The Morgan fingerprint density at radius 3 is 2.10 bits per heavy atom. The Morgan fingerprint density at radius 1 is 0.767 bits per heavy atom. The lowest BCUT2D eigenvalue weighted by atomic mass is 9.75. The number of halogens is 5. The van der Waals surface area contributed by atoms with E-state index in [1.54, 1.807) is 18.2 Å². The number of aliphatic hydroxyl groups excluding tert-OH is 1. The number of hydrogen-bond acceptors (Lipinski definition) is 6. The Morgan fingerprint density at radius 2 is 1.42 bits per heavy atom. The molecule has 8 nitrogen and oxygen atoms in total. The van der Waals surface area contributed by atoms with E-state index in [2.05, 4.69) is 22.5 Å². The third-order valence-electron chi connectivity index (χ3n) is 12.1. The van der Waals surface area contributed by atoms with E-state index in [4.69, 9.17) is 9.47 Å². The molecule has 4 aromatic rings. The molecule has 2 saturated heterocycles. The highest BCUT2D eigenvalue weighted by Crippen LogP contribution is 2.45. The second kappa shape index (κ2) is 18.1. The fourth-order valence-corrected chi connectivity index (χ4v) is 9.06. The first-order valence-electron chi connectivity index (χ1n) is 20.7. The molecule has 3 fully saturated rings. The summed E-state index contributed by atoms with van der Waals surface area (Å²) in [6.07, 6.45) is 4.76. The maximum atomic E-state index is 14.3. The number of amides is 2. The van der Waals surface area contributed by atoms with Gasteiger partial charge >= 0.3 is 0 Å². The van der Waals surface area contributed by atoms with Crippen molar-refractivity contribution in [3.05, 3.63) is 130 Å². The van der Waals surface area contributed by atoms with Crippen LogP contribution < -0.4 is 10.6 Å². The van der Waals surface area contributed by atoms with Crippen LogP contribution in [0.3, 0.4) is 0 Å². The lowest BCUT2D eigenvalue weighted by molar-refractivity contribution is -0.278. The van der Waals surface area contributed by atoms with Crippen molar-refractivity contribution in [1.29, 1.82) is 0 Å². The molecule has 0 spiro atoms. The quantitative estimate of drug-likeness (QED) is 0.0838. The van der Waals surface area contributed by atoms with Gasteiger partial charge < -0.3 is 25.2 Å². The predicted octanol–water partition coefficient (Wildman–Crippen LogP) is 9.20. The zero-order chi connectivity index (χ0) is 42.9. The van der Waals surface area contributed by atoms with Crippen molar-refractivity contribution in [3.63, 3.8) is 0 Å². The molecule has 2 aliphatic heterocycles. The first-order chi connectivity index (χ1) is 28.6. The van der Waals surface area contributed by atoms with Gasteiger partial charge in [-0.15, -0.1) is 0 Å². The predicted molar refractivity (Wildman–Crippen MR) is 216 cm³/mol. The minimum atomic E-state index is -2.34. The summed E-state index contributed by atoms with van der Waals surface area (Å²) in [6.45, 7) is 8.30. The van der Waals surface area contributed by atoms with Crippen molar-refractivity contribution in [2.75, 3.05) is 6.54 Å². The van der Waals surface area contributed by atoms with Crippen molar-refractivity contribution >= 4 is 11.8 Å². The minimum absolute atomic E-state index is 0.0333. The summed E-state index contributed by atoms with van der Waals surface area (Å²) in [5, 5.41) is 15.3. The number of benzene rings is 4. The summed E-state index contributed by atoms with van der Waals surface area (Å²) < 4.78 is 83.5. The highest BCUT2D eigenvalue weighted by molar-refractivity contribution is 5.94. The highest BCUT2D eigenvalue weighted by Gasteiger charge is 2.46. The van der Waals surface area contributed by atoms with Gasteiger partial charge in [0.05, 0.1) is 24.9 Å². The van der Waals surface area contributed by atoms with Gasteiger partial charge in [0.15, 0.2) is 29.6 Å². The number of carbonyl (C=O) groups is 2. The van der Waals surface area contributed by atoms with E-state index in [0.717, 1.165) is 59.9 Å². The molecule has 4 aromatic carbocycles. The number of nitrogens with zero attached hydrogens (tertiary/aromatic N) is 1. The van der Waals surface area contributed by atoms with E-state index in [1.807, 2.05) is 75.4 Å². The molecule has 320 valence electrons. The van der Waals surface area contributed by atoms with Crippen molar-refractivity contribution in [1.82, 2.24) is 15.5 Å². The molecule has 0 aromatic heterocycles. The van der Waals surface area contributed by atoms with Gasteiger partial charge in [0.25, 0.3) is 5.91 Å². The van der Waals surface area contributed by atoms with Gasteiger partial charge in [-0.2, -0.15) is 0 Å². The number of fused-ring (bicyclic) bond motifs is 1. The molecule has 7 atom stereocenters. The summed E-state index contributed by atoms with van der Waals surface area (Å²) in [5.74, 6) is -12.2. The van der Waals surface area contributed by atoms with Gasteiger partial charge in [-0.1, -0.05) is 80.4 Å². The Bertz CT molecular complexity index is 2170. The topological polar surface area (TPSA) is 100 Å². The van der Waals surface area contributed by atoms with E-state index in [1.165, 1.54) is 6.42 Å². The maximum absolute atomic E-state index is 14.3. The zero-order valence-electron chi connectivity index (χ0n) is 34.3. The lowest BCUT2D eigenvalue weighted by Crippen LogP contribution is -2.61. The lowest BCUT2D eigenvalue weighted by Gasteiger charge is -2.51. The van der Waals surface area contributed by atoms with Gasteiger partial charge in [0.2, 0.25) is 11.7 Å². The molecule has 2 heterocycles. The third-order valence-corrected chi connectivity index (χ3v) is 12.1. The number of carbonyl (C=O) groups excluding carboxylic acids is 2. The van der Waals surface area contributed by atoms with Crippen LogP contribution in [0.15, 0.2) is 72.8 Å². The monoisotopic (exact) mass is 833 g/mol. The van der Waals surface area contributed by atoms with Gasteiger partial charge in [0.1, 0.15) is 5.56 Å². The molecule has 13 heteroatoms. The Hall–Kier alpha value is -4.69. The molecule has 7 rings (SSSR count). The summed E-state index contributed by atoms with van der Waals surface area (Å²) in [5.41, 5.74) is 2.52. The van der Waals surface area contributed by atoms with E-state index in [-0.39, 0.29) is 54.8 Å². The molecule has 1 saturated carbocycles. The average Bonchev–Trinajstić information content (AvgIpc) is 3.24. The summed E-state index contributed by atoms with van der Waals surface area (Å²) in [6, 6.07) is 22.3. The number of ether oxygens (including phenoxy) is 2. The number of likely N-dealkylation sites (tertiary alicyclic amines) is 1. The van der Waals surface area contributed by atoms with Crippen molar-refractivity contribution in [3.8, 4) is 11.1 Å². The van der Waals surface area contributed by atoms with Gasteiger partial charge in [0, 0.05) is 36.2 Å². The number of nitrogens with one attached hydrogen (secondary N) is 2. The average molecular weight is 834 g/mol. The first-order valence-corrected chi connectivity index (χ1v) is 20.7. The summed E-state index contributed by atoms with van der Waals surface area (Å²) in [4.78, 5) is 29.0. The van der Waals surface area contributed by atoms with Crippen molar-refractivity contribution in [2.24, 2.45) is 11.8 Å². The van der Waals surface area contributed by atoms with E-state index >= 15 is 0 Å². The Balaban J connectivity index is 1.16. The van der Waals surface area contributed by atoms with Crippen molar-refractivity contribution in [2.45, 2.75) is 115 Å². The van der Waals surface area contributed by atoms with E-state index in [0.29, 0.717) is 18.0 Å². The normalized spacial score (nSPS) is 24.7. The molecule has 0 unspecified atom stereocenters. The van der Waals surface area contributed by atoms with Gasteiger partial charge in [-0.3, -0.25) is 14.5 Å². The second-order valence-electron chi connectivity index (χ2n) is 17.4. The second-order valence-corrected chi connectivity index (χ2v) is 17.4. The Labute approximate surface area is 347 Å². The van der Waals surface area contributed by atoms with Crippen LogP contribution in [0.25, 0.3) is 11.1 Å². The van der Waals surface area contributed by atoms with Gasteiger partial charge in [-0.25, -0.2) is 22.0 Å². The van der Waals surface area contributed by atoms with E-state index < -0.39 is 46.8 Å². The van der Waals surface area contributed by atoms with Crippen LogP contribution in [0.5, 0.6) is 0 Å².